The number of ether oxygens (including phenoxy) is 2. The highest BCUT2D eigenvalue weighted by Crippen LogP contribution is 2.23. The lowest BCUT2D eigenvalue weighted by molar-refractivity contribution is 0.242. The molecular weight excluding hydrogens is 268 g/mol. The first kappa shape index (κ1) is 15.2. The quantitative estimate of drug-likeness (QED) is 0.623. The fraction of sp³-hybridized carbons (Fsp3) is 0.333. The molecule has 1 atom stereocenters. The van der Waals surface area contributed by atoms with Crippen LogP contribution < -0.4 is 20.7 Å². The molecule has 1 aromatic carbocycles. The van der Waals surface area contributed by atoms with E-state index in [0.717, 1.165) is 17.0 Å². The Morgan fingerprint density at radius 2 is 1.76 bits per heavy atom. The van der Waals surface area contributed by atoms with Gasteiger partial charge in [-0.2, -0.15) is 0 Å². The maximum atomic E-state index is 5.65. The number of aromatic nitrogens is 2. The predicted molar refractivity (Wildman–Crippen MR) is 80.0 cm³/mol. The van der Waals surface area contributed by atoms with Crippen molar-refractivity contribution < 1.29 is 9.47 Å². The van der Waals surface area contributed by atoms with Crippen LogP contribution in [0.3, 0.4) is 0 Å². The predicted octanol–water partition coefficient (Wildman–Crippen LogP) is 1.83. The summed E-state index contributed by atoms with van der Waals surface area (Å²) in [5.74, 6) is 6.94. The maximum Gasteiger partial charge on any atom is 0.233 e. The van der Waals surface area contributed by atoms with Gasteiger partial charge in [-0.3, -0.25) is 5.84 Å². The van der Waals surface area contributed by atoms with E-state index >= 15 is 0 Å². The number of hydrogen-bond donors (Lipinski definition) is 2. The average Bonchev–Trinajstić information content (AvgIpc) is 2.50. The minimum Gasteiger partial charge on any atom is -0.491 e. The number of benzene rings is 1. The van der Waals surface area contributed by atoms with Gasteiger partial charge in [0.05, 0.1) is 24.9 Å². The summed E-state index contributed by atoms with van der Waals surface area (Å²) >= 11 is 0. The third-order valence-electron chi connectivity index (χ3n) is 2.92. The first-order valence-electron chi connectivity index (χ1n) is 6.74. The molecule has 0 radical (unpaired) electrons. The number of hydrogen-bond acceptors (Lipinski definition) is 6. The highest BCUT2D eigenvalue weighted by molar-refractivity contribution is 5.33. The summed E-state index contributed by atoms with van der Waals surface area (Å²) in [6.45, 7) is 3.98. The molecule has 2 aromatic rings. The molecule has 1 heterocycles. The minimum absolute atomic E-state index is 0.145. The molecule has 0 amide bonds. The van der Waals surface area contributed by atoms with E-state index < -0.39 is 0 Å². The van der Waals surface area contributed by atoms with Crippen molar-refractivity contribution >= 4 is 0 Å². The third-order valence-corrected chi connectivity index (χ3v) is 2.92. The van der Waals surface area contributed by atoms with Gasteiger partial charge in [-0.25, -0.2) is 5.43 Å². The summed E-state index contributed by atoms with van der Waals surface area (Å²) in [5, 5.41) is 8.08. The summed E-state index contributed by atoms with van der Waals surface area (Å²) in [6.07, 6.45) is 0.145. The topological polar surface area (TPSA) is 82.3 Å². The summed E-state index contributed by atoms with van der Waals surface area (Å²) < 4.78 is 10.6. The molecule has 21 heavy (non-hydrogen) atoms. The summed E-state index contributed by atoms with van der Waals surface area (Å²) in [7, 11) is 1.55. The van der Waals surface area contributed by atoms with Crippen LogP contribution in [0.4, 0.5) is 0 Å². The fourth-order valence-electron chi connectivity index (χ4n) is 1.96. The van der Waals surface area contributed by atoms with Gasteiger partial charge in [0.2, 0.25) is 5.88 Å². The molecule has 0 spiro atoms. The molecule has 0 saturated heterocycles. The molecule has 0 bridgehead atoms. The largest absolute Gasteiger partial charge is 0.491 e. The summed E-state index contributed by atoms with van der Waals surface area (Å²) in [6, 6.07) is 11.1. The molecule has 0 aliphatic rings. The zero-order chi connectivity index (χ0) is 15.2. The Morgan fingerprint density at radius 3 is 2.24 bits per heavy atom. The molecule has 2 rings (SSSR count). The number of nitrogens with one attached hydrogen (secondary N) is 1. The molecule has 0 aliphatic carbocycles. The molecule has 6 nitrogen and oxygen atoms in total. The van der Waals surface area contributed by atoms with Gasteiger partial charge in [0.15, 0.2) is 0 Å². The Labute approximate surface area is 124 Å². The van der Waals surface area contributed by atoms with Gasteiger partial charge in [-0.15, -0.1) is 10.2 Å². The van der Waals surface area contributed by atoms with Crippen molar-refractivity contribution in [2.24, 2.45) is 5.84 Å². The Morgan fingerprint density at radius 1 is 1.05 bits per heavy atom. The van der Waals surface area contributed by atoms with E-state index in [-0.39, 0.29) is 12.1 Å². The van der Waals surface area contributed by atoms with Crippen LogP contribution >= 0.6 is 0 Å². The minimum atomic E-state index is -0.239. The fourth-order valence-corrected chi connectivity index (χ4v) is 1.96. The van der Waals surface area contributed by atoms with Crippen LogP contribution in [0.25, 0.3) is 0 Å². The molecular formula is C15H20N4O2. The number of nitrogens with zero attached hydrogens (tertiary/aromatic N) is 2. The monoisotopic (exact) mass is 288 g/mol. The van der Waals surface area contributed by atoms with Gasteiger partial charge in [0.1, 0.15) is 5.75 Å². The molecule has 6 heteroatoms. The van der Waals surface area contributed by atoms with Crippen LogP contribution in [0.5, 0.6) is 11.6 Å². The molecule has 3 N–H and O–H groups in total. The van der Waals surface area contributed by atoms with E-state index in [1.165, 1.54) is 0 Å². The molecule has 0 saturated carbocycles. The number of rotatable bonds is 6. The first-order chi connectivity index (χ1) is 10.1. The highest BCUT2D eigenvalue weighted by atomic mass is 16.5. The zero-order valence-electron chi connectivity index (χ0n) is 12.4. The van der Waals surface area contributed by atoms with E-state index in [4.69, 9.17) is 15.3 Å². The van der Waals surface area contributed by atoms with Gasteiger partial charge < -0.3 is 9.47 Å². The Balaban J connectivity index is 2.19. The van der Waals surface area contributed by atoms with E-state index in [1.54, 1.807) is 13.2 Å². The van der Waals surface area contributed by atoms with Crippen molar-refractivity contribution in [1.82, 2.24) is 15.6 Å². The lowest BCUT2D eigenvalue weighted by Crippen LogP contribution is -2.29. The number of nitrogens with two attached hydrogens (primary N) is 1. The van der Waals surface area contributed by atoms with Crippen LogP contribution in [0, 0.1) is 0 Å². The third kappa shape index (κ3) is 3.90. The molecule has 112 valence electrons. The van der Waals surface area contributed by atoms with Gasteiger partial charge in [0, 0.05) is 6.07 Å². The molecule has 1 aromatic heterocycles. The average molecular weight is 288 g/mol. The van der Waals surface area contributed by atoms with Gasteiger partial charge in [-0.05, 0) is 37.6 Å². The van der Waals surface area contributed by atoms with Crippen molar-refractivity contribution in [2.75, 3.05) is 7.11 Å². The lowest BCUT2D eigenvalue weighted by Gasteiger charge is -2.16. The Bertz CT molecular complexity index is 555. The van der Waals surface area contributed by atoms with Crippen molar-refractivity contribution in [1.29, 1.82) is 0 Å². The summed E-state index contributed by atoms with van der Waals surface area (Å²) in [5.41, 5.74) is 4.45. The van der Waals surface area contributed by atoms with Crippen molar-refractivity contribution in [3.63, 3.8) is 0 Å². The van der Waals surface area contributed by atoms with Crippen LogP contribution in [0.2, 0.25) is 0 Å². The molecule has 1 unspecified atom stereocenters. The summed E-state index contributed by atoms with van der Waals surface area (Å²) in [4.78, 5) is 0. The zero-order valence-corrected chi connectivity index (χ0v) is 12.4. The smallest absolute Gasteiger partial charge is 0.233 e. The number of methoxy groups -OCH3 is 1. The van der Waals surface area contributed by atoms with E-state index in [9.17, 15) is 0 Å². The Kier molecular flexibility index (Phi) is 5.08. The van der Waals surface area contributed by atoms with Gasteiger partial charge in [0.25, 0.3) is 0 Å². The van der Waals surface area contributed by atoms with Crippen LogP contribution in [-0.4, -0.2) is 23.4 Å². The van der Waals surface area contributed by atoms with Crippen molar-refractivity contribution in [2.45, 2.75) is 26.0 Å². The highest BCUT2D eigenvalue weighted by Gasteiger charge is 2.15. The number of hydrazine groups is 1. The maximum absolute atomic E-state index is 5.65. The van der Waals surface area contributed by atoms with E-state index in [0.29, 0.717) is 5.88 Å². The normalized spacial score (nSPS) is 12.2. The van der Waals surface area contributed by atoms with Crippen LogP contribution in [-0.2, 0) is 0 Å². The standard InChI is InChI=1S/C15H20N4O2/c1-10(2)21-12-6-4-11(5-7-12)15(17-16)13-8-9-14(20-3)19-18-13/h4-10,15,17H,16H2,1-3H3. The van der Waals surface area contributed by atoms with Gasteiger partial charge in [-0.1, -0.05) is 12.1 Å². The second-order valence-corrected chi connectivity index (χ2v) is 4.84. The van der Waals surface area contributed by atoms with Crippen LogP contribution in [0.1, 0.15) is 31.1 Å². The SMILES string of the molecule is COc1ccc(C(NN)c2ccc(OC(C)C)cc2)nn1. The first-order valence-corrected chi connectivity index (χ1v) is 6.74. The van der Waals surface area contributed by atoms with Crippen molar-refractivity contribution in [3.8, 4) is 11.6 Å². The van der Waals surface area contributed by atoms with Crippen LogP contribution in [0.15, 0.2) is 36.4 Å². The van der Waals surface area contributed by atoms with E-state index in [1.807, 2.05) is 44.2 Å². The van der Waals surface area contributed by atoms with Crippen molar-refractivity contribution in [3.05, 3.63) is 47.7 Å². The second kappa shape index (κ2) is 7.01. The lowest BCUT2D eigenvalue weighted by atomic mass is 10.0. The molecule has 0 aliphatic heterocycles. The van der Waals surface area contributed by atoms with E-state index in [2.05, 4.69) is 15.6 Å². The molecule has 0 fully saturated rings. The van der Waals surface area contributed by atoms with Gasteiger partial charge >= 0.3 is 0 Å². The Hall–Kier alpha value is -2.18. The second-order valence-electron chi connectivity index (χ2n) is 4.84.